The fraction of sp³-hybridized carbons (Fsp3) is 0.640. The normalized spacial score (nSPS) is 25.0. The van der Waals surface area contributed by atoms with Crippen LogP contribution in [0.3, 0.4) is 0 Å². The number of aromatic nitrogens is 2. The van der Waals surface area contributed by atoms with Gasteiger partial charge in [0.05, 0.1) is 11.8 Å². The Balaban J connectivity index is 1.35. The quantitative estimate of drug-likeness (QED) is 0.697. The van der Waals surface area contributed by atoms with Crippen molar-refractivity contribution in [3.63, 3.8) is 0 Å². The molecule has 2 aliphatic heterocycles. The monoisotopic (exact) mass is 423 g/mol. The third-order valence-electron chi connectivity index (χ3n) is 7.23. The van der Waals surface area contributed by atoms with Gasteiger partial charge in [-0.1, -0.05) is 47.8 Å². The molecule has 1 atom stereocenters. The summed E-state index contributed by atoms with van der Waals surface area (Å²) in [7, 11) is 0. The molecule has 1 aromatic heterocycles. The predicted molar refractivity (Wildman–Crippen MR) is 117 cm³/mol. The van der Waals surface area contributed by atoms with Gasteiger partial charge in [-0.2, -0.15) is 4.98 Å². The van der Waals surface area contributed by atoms with Crippen LogP contribution in [0, 0.1) is 12.8 Å². The highest BCUT2D eigenvalue weighted by molar-refractivity contribution is 5.79. The molecule has 0 spiro atoms. The van der Waals surface area contributed by atoms with Gasteiger partial charge in [-0.25, -0.2) is 0 Å². The van der Waals surface area contributed by atoms with Crippen LogP contribution in [0.25, 0.3) is 0 Å². The Morgan fingerprint density at radius 2 is 2.06 bits per heavy atom. The van der Waals surface area contributed by atoms with Crippen molar-refractivity contribution >= 4 is 5.91 Å². The summed E-state index contributed by atoms with van der Waals surface area (Å²) >= 11 is 0. The minimum Gasteiger partial charge on any atom is -0.381 e. The van der Waals surface area contributed by atoms with Crippen molar-refractivity contribution < 1.29 is 14.1 Å². The van der Waals surface area contributed by atoms with Crippen LogP contribution in [-0.4, -0.2) is 47.3 Å². The molecule has 0 radical (unpaired) electrons. The molecule has 5 rings (SSSR count). The van der Waals surface area contributed by atoms with Crippen LogP contribution < -0.4 is 0 Å². The van der Waals surface area contributed by atoms with Crippen LogP contribution in [-0.2, 0) is 21.4 Å². The molecule has 166 valence electrons. The molecule has 3 aliphatic rings. The zero-order valence-corrected chi connectivity index (χ0v) is 18.5. The topological polar surface area (TPSA) is 68.5 Å². The first-order valence-electron chi connectivity index (χ1n) is 11.9. The first kappa shape index (κ1) is 20.7. The maximum atomic E-state index is 13.2. The van der Waals surface area contributed by atoms with Crippen molar-refractivity contribution in [3.8, 4) is 0 Å². The van der Waals surface area contributed by atoms with Crippen molar-refractivity contribution in [2.24, 2.45) is 5.92 Å². The van der Waals surface area contributed by atoms with E-state index in [2.05, 4.69) is 29.1 Å². The summed E-state index contributed by atoms with van der Waals surface area (Å²) < 4.78 is 11.3. The van der Waals surface area contributed by atoms with Crippen molar-refractivity contribution in [2.75, 3.05) is 26.3 Å². The second-order valence-corrected chi connectivity index (χ2v) is 9.86. The number of rotatable bonds is 6. The summed E-state index contributed by atoms with van der Waals surface area (Å²) in [6.07, 6.45) is 8.00. The van der Waals surface area contributed by atoms with Crippen molar-refractivity contribution in [2.45, 2.75) is 69.6 Å². The smallest absolute Gasteiger partial charge is 0.229 e. The molecule has 2 saturated heterocycles. The van der Waals surface area contributed by atoms with E-state index in [1.165, 1.54) is 18.4 Å². The van der Waals surface area contributed by atoms with E-state index in [9.17, 15) is 4.79 Å². The van der Waals surface area contributed by atoms with E-state index in [1.807, 2.05) is 12.1 Å². The Labute approximate surface area is 184 Å². The summed E-state index contributed by atoms with van der Waals surface area (Å²) in [6, 6.07) is 8.26. The van der Waals surface area contributed by atoms with Crippen LogP contribution in [0.2, 0.25) is 0 Å². The minimum absolute atomic E-state index is 0.172. The van der Waals surface area contributed by atoms with Crippen molar-refractivity contribution in [3.05, 3.63) is 47.1 Å². The van der Waals surface area contributed by atoms with Crippen LogP contribution >= 0.6 is 0 Å². The molecule has 0 N–H and O–H groups in total. The van der Waals surface area contributed by atoms with Gasteiger partial charge < -0.3 is 14.2 Å². The van der Waals surface area contributed by atoms with Gasteiger partial charge in [0.1, 0.15) is 0 Å². The Hall–Kier alpha value is -2.21. The van der Waals surface area contributed by atoms with Gasteiger partial charge >= 0.3 is 0 Å². The van der Waals surface area contributed by atoms with Crippen molar-refractivity contribution in [1.82, 2.24) is 15.0 Å². The Bertz CT molecular complexity index is 916. The van der Waals surface area contributed by atoms with Crippen molar-refractivity contribution in [1.29, 1.82) is 0 Å². The van der Waals surface area contributed by atoms with E-state index in [0.29, 0.717) is 18.9 Å². The van der Waals surface area contributed by atoms with E-state index >= 15 is 0 Å². The second kappa shape index (κ2) is 8.73. The van der Waals surface area contributed by atoms with E-state index in [-0.39, 0.29) is 11.3 Å². The summed E-state index contributed by atoms with van der Waals surface area (Å²) in [5, 5.41) is 4.49. The van der Waals surface area contributed by atoms with Crippen LogP contribution in [0.4, 0.5) is 0 Å². The SMILES string of the molecule is Cc1cccc(CC(=O)N2CCCC(CC3CC3)(c3noc(C4CCOCC4)n3)C2)c1. The lowest BCUT2D eigenvalue weighted by atomic mass is 9.74. The molecule has 6 nitrogen and oxygen atoms in total. The molecule has 1 saturated carbocycles. The summed E-state index contributed by atoms with van der Waals surface area (Å²) in [4.78, 5) is 20.2. The lowest BCUT2D eigenvalue weighted by molar-refractivity contribution is -0.133. The maximum absolute atomic E-state index is 13.2. The zero-order chi connectivity index (χ0) is 21.3. The molecule has 3 heterocycles. The van der Waals surface area contributed by atoms with Gasteiger partial charge in [0.2, 0.25) is 11.8 Å². The number of piperidine rings is 1. The molecule has 2 aromatic rings. The Kier molecular flexibility index (Phi) is 5.83. The fourth-order valence-electron chi connectivity index (χ4n) is 5.33. The third-order valence-corrected chi connectivity index (χ3v) is 7.23. The summed E-state index contributed by atoms with van der Waals surface area (Å²) in [6.45, 7) is 5.12. The largest absolute Gasteiger partial charge is 0.381 e. The average Bonchev–Trinajstić information content (AvgIpc) is 3.44. The molecule has 1 amide bonds. The second-order valence-electron chi connectivity index (χ2n) is 9.86. The van der Waals surface area contributed by atoms with Gasteiger partial charge in [-0.15, -0.1) is 0 Å². The molecule has 1 aromatic carbocycles. The predicted octanol–water partition coefficient (Wildman–Crippen LogP) is 4.18. The number of hydrogen-bond acceptors (Lipinski definition) is 5. The fourth-order valence-corrected chi connectivity index (χ4v) is 5.33. The molecule has 1 unspecified atom stereocenters. The highest BCUT2D eigenvalue weighted by Gasteiger charge is 2.46. The minimum atomic E-state index is -0.172. The molecular weight excluding hydrogens is 390 g/mol. The van der Waals surface area contributed by atoms with Crippen LogP contribution in [0.5, 0.6) is 0 Å². The molecule has 3 fully saturated rings. The number of carbonyl (C=O) groups excluding carboxylic acids is 1. The lowest BCUT2D eigenvalue weighted by Crippen LogP contribution is -2.49. The molecule has 31 heavy (non-hydrogen) atoms. The van der Waals surface area contributed by atoms with Gasteiger partial charge in [0.25, 0.3) is 0 Å². The van der Waals surface area contributed by atoms with E-state index in [1.54, 1.807) is 0 Å². The average molecular weight is 424 g/mol. The highest BCUT2D eigenvalue weighted by Crippen LogP contribution is 2.46. The number of amides is 1. The van der Waals surface area contributed by atoms with Gasteiger partial charge in [0, 0.05) is 32.2 Å². The number of carbonyl (C=O) groups is 1. The van der Waals surface area contributed by atoms with E-state index in [4.69, 9.17) is 14.2 Å². The Morgan fingerprint density at radius 1 is 1.23 bits per heavy atom. The van der Waals surface area contributed by atoms with Crippen LogP contribution in [0.1, 0.15) is 73.7 Å². The number of benzene rings is 1. The first-order valence-corrected chi connectivity index (χ1v) is 11.9. The maximum Gasteiger partial charge on any atom is 0.229 e. The molecule has 0 bridgehead atoms. The van der Waals surface area contributed by atoms with Crippen LogP contribution in [0.15, 0.2) is 28.8 Å². The van der Waals surface area contributed by atoms with E-state index in [0.717, 1.165) is 75.1 Å². The number of nitrogens with zero attached hydrogens (tertiary/aromatic N) is 3. The Morgan fingerprint density at radius 3 is 2.84 bits per heavy atom. The first-order chi connectivity index (χ1) is 15.1. The highest BCUT2D eigenvalue weighted by atomic mass is 16.5. The van der Waals surface area contributed by atoms with Gasteiger partial charge in [-0.3, -0.25) is 4.79 Å². The molecule has 1 aliphatic carbocycles. The number of ether oxygens (including phenoxy) is 1. The van der Waals surface area contributed by atoms with E-state index < -0.39 is 0 Å². The number of likely N-dealkylation sites (tertiary alicyclic amines) is 1. The number of aryl methyl sites for hydroxylation is 1. The standard InChI is InChI=1S/C25H33N3O3/c1-18-4-2-5-20(14-18)15-22(29)28-11-3-10-25(17-28,16-19-6-7-19)24-26-23(31-27-24)21-8-12-30-13-9-21/h2,4-5,14,19,21H,3,6-13,15-17H2,1H3. The van der Waals surface area contributed by atoms with Gasteiger partial charge in [-0.05, 0) is 50.5 Å². The third kappa shape index (κ3) is 4.69. The summed E-state index contributed by atoms with van der Waals surface area (Å²) in [5.74, 6) is 2.83. The zero-order valence-electron chi connectivity index (χ0n) is 18.5. The molecular formula is C25H33N3O3. The number of hydrogen-bond donors (Lipinski definition) is 0. The molecule has 6 heteroatoms. The van der Waals surface area contributed by atoms with Gasteiger partial charge in [0.15, 0.2) is 5.82 Å². The lowest BCUT2D eigenvalue weighted by Gasteiger charge is -2.41. The summed E-state index contributed by atoms with van der Waals surface area (Å²) in [5.41, 5.74) is 2.11.